The van der Waals surface area contributed by atoms with E-state index < -0.39 is 23.9 Å². The fourth-order valence-corrected chi connectivity index (χ4v) is 2.06. The Morgan fingerprint density at radius 1 is 1.22 bits per heavy atom. The van der Waals surface area contributed by atoms with Crippen LogP contribution in [0.3, 0.4) is 0 Å². The number of anilines is 1. The number of nitrogens with one attached hydrogen (secondary N) is 2. The first-order valence-corrected chi connectivity index (χ1v) is 7.11. The van der Waals surface area contributed by atoms with E-state index in [1.807, 2.05) is 24.3 Å². The summed E-state index contributed by atoms with van der Waals surface area (Å²) in [6, 6.07) is 7.54. The van der Waals surface area contributed by atoms with Gasteiger partial charge in [0.05, 0.1) is 6.42 Å². The Labute approximate surface area is 131 Å². The number of rotatable bonds is 5. The number of alkyl halides is 3. The van der Waals surface area contributed by atoms with Crippen LogP contribution in [0.4, 0.5) is 19.1 Å². The number of aromatic nitrogens is 3. The fourth-order valence-electron chi connectivity index (χ4n) is 2.06. The largest absolute Gasteiger partial charge is 0.451 e. The Balaban J connectivity index is 1.93. The second-order valence-corrected chi connectivity index (χ2v) is 5.64. The van der Waals surface area contributed by atoms with Gasteiger partial charge in [0, 0.05) is 0 Å². The van der Waals surface area contributed by atoms with Crippen LogP contribution in [0.15, 0.2) is 24.3 Å². The van der Waals surface area contributed by atoms with E-state index in [4.69, 9.17) is 0 Å². The van der Waals surface area contributed by atoms with E-state index in [1.165, 1.54) is 5.56 Å². The molecule has 0 aliphatic heterocycles. The normalized spacial score (nSPS) is 11.7. The molecule has 1 amide bonds. The molecular formula is C15H17F3N4O. The van der Waals surface area contributed by atoms with E-state index in [9.17, 15) is 18.0 Å². The average molecular weight is 326 g/mol. The second-order valence-electron chi connectivity index (χ2n) is 5.64. The summed E-state index contributed by atoms with van der Waals surface area (Å²) in [5, 5.41) is 7.30. The summed E-state index contributed by atoms with van der Waals surface area (Å²) < 4.78 is 37.1. The Morgan fingerprint density at radius 2 is 1.83 bits per heavy atom. The van der Waals surface area contributed by atoms with Crippen LogP contribution in [0.1, 0.15) is 30.8 Å². The molecule has 0 aliphatic rings. The molecule has 2 rings (SSSR count). The summed E-state index contributed by atoms with van der Waals surface area (Å²) in [5.74, 6) is -1.57. The van der Waals surface area contributed by atoms with E-state index in [-0.39, 0.29) is 6.42 Å². The van der Waals surface area contributed by atoms with Crippen molar-refractivity contribution in [1.82, 2.24) is 15.2 Å². The van der Waals surface area contributed by atoms with Crippen LogP contribution in [0, 0.1) is 5.92 Å². The Morgan fingerprint density at radius 3 is 2.35 bits per heavy atom. The van der Waals surface area contributed by atoms with Crippen molar-refractivity contribution < 1.29 is 18.0 Å². The van der Waals surface area contributed by atoms with Crippen molar-refractivity contribution >= 4 is 11.9 Å². The average Bonchev–Trinajstić information content (AvgIpc) is 2.89. The van der Waals surface area contributed by atoms with E-state index in [0.717, 1.165) is 12.0 Å². The molecule has 0 aliphatic carbocycles. The molecule has 0 spiro atoms. The molecule has 0 saturated heterocycles. The van der Waals surface area contributed by atoms with E-state index in [0.29, 0.717) is 5.92 Å². The van der Waals surface area contributed by atoms with Gasteiger partial charge in [0.15, 0.2) is 0 Å². The van der Waals surface area contributed by atoms with Crippen LogP contribution in [0.25, 0.3) is 0 Å². The number of hydrogen-bond acceptors (Lipinski definition) is 3. The van der Waals surface area contributed by atoms with Gasteiger partial charge in [-0.25, -0.2) is 0 Å². The van der Waals surface area contributed by atoms with Gasteiger partial charge >= 0.3 is 6.18 Å². The second kappa shape index (κ2) is 6.80. The summed E-state index contributed by atoms with van der Waals surface area (Å²) in [4.78, 5) is 15.0. The Kier molecular flexibility index (Phi) is 5.02. The molecule has 8 heteroatoms. The molecule has 0 saturated carbocycles. The third-order valence-electron chi connectivity index (χ3n) is 3.04. The van der Waals surface area contributed by atoms with Crippen LogP contribution in [0.2, 0.25) is 0 Å². The number of amides is 1. The first kappa shape index (κ1) is 17.0. The molecule has 0 radical (unpaired) electrons. The smallest absolute Gasteiger partial charge is 0.293 e. The highest BCUT2D eigenvalue weighted by Gasteiger charge is 2.35. The number of hydrogen-bond donors (Lipinski definition) is 2. The summed E-state index contributed by atoms with van der Waals surface area (Å²) in [6.45, 7) is 4.24. The zero-order valence-corrected chi connectivity index (χ0v) is 12.7. The van der Waals surface area contributed by atoms with Gasteiger partial charge in [0.2, 0.25) is 17.7 Å². The van der Waals surface area contributed by atoms with Gasteiger partial charge in [0.1, 0.15) is 0 Å². The SMILES string of the molecule is CC(C)Cc1ccc(CC(=O)Nc2n[nH]c(C(F)(F)F)n2)cc1. The molecule has 1 heterocycles. The van der Waals surface area contributed by atoms with E-state index in [2.05, 4.69) is 29.2 Å². The van der Waals surface area contributed by atoms with Crippen molar-refractivity contribution in [3.63, 3.8) is 0 Å². The van der Waals surface area contributed by atoms with Crippen LogP contribution >= 0.6 is 0 Å². The lowest BCUT2D eigenvalue weighted by Crippen LogP contribution is -2.15. The van der Waals surface area contributed by atoms with Crippen molar-refractivity contribution in [2.75, 3.05) is 5.32 Å². The topological polar surface area (TPSA) is 70.7 Å². The third-order valence-corrected chi connectivity index (χ3v) is 3.04. The number of nitrogens with zero attached hydrogens (tertiary/aromatic N) is 2. The van der Waals surface area contributed by atoms with Crippen LogP contribution in [0.5, 0.6) is 0 Å². The van der Waals surface area contributed by atoms with Gasteiger partial charge in [-0.3, -0.25) is 15.2 Å². The number of carbonyl (C=O) groups excluding carboxylic acids is 1. The molecule has 2 N–H and O–H groups in total. The quantitative estimate of drug-likeness (QED) is 0.886. The van der Waals surface area contributed by atoms with Crippen LogP contribution in [-0.4, -0.2) is 21.1 Å². The molecule has 0 unspecified atom stereocenters. The predicted octanol–water partition coefficient (Wildman–Crippen LogP) is 3.20. The lowest BCUT2D eigenvalue weighted by atomic mass is 10.0. The highest BCUT2D eigenvalue weighted by atomic mass is 19.4. The first-order chi connectivity index (χ1) is 10.7. The van der Waals surface area contributed by atoms with Crippen LogP contribution < -0.4 is 5.32 Å². The van der Waals surface area contributed by atoms with Gasteiger partial charge < -0.3 is 0 Å². The summed E-state index contributed by atoms with van der Waals surface area (Å²) >= 11 is 0. The molecule has 23 heavy (non-hydrogen) atoms. The van der Waals surface area contributed by atoms with E-state index >= 15 is 0 Å². The minimum atomic E-state index is -4.62. The number of benzene rings is 1. The van der Waals surface area contributed by atoms with Gasteiger partial charge in [-0.15, -0.1) is 5.10 Å². The lowest BCUT2D eigenvalue weighted by Gasteiger charge is -2.06. The fraction of sp³-hybridized carbons (Fsp3) is 0.400. The molecule has 1 aromatic heterocycles. The molecule has 1 aromatic carbocycles. The van der Waals surface area contributed by atoms with Crippen molar-refractivity contribution in [1.29, 1.82) is 0 Å². The maximum atomic E-state index is 12.4. The maximum absolute atomic E-state index is 12.4. The van der Waals surface area contributed by atoms with Crippen molar-refractivity contribution in [2.45, 2.75) is 32.9 Å². The monoisotopic (exact) mass is 326 g/mol. The van der Waals surface area contributed by atoms with Crippen molar-refractivity contribution in [3.05, 3.63) is 41.2 Å². The Bertz CT molecular complexity index is 662. The highest BCUT2D eigenvalue weighted by molar-refractivity contribution is 5.90. The number of carbonyl (C=O) groups is 1. The van der Waals surface area contributed by atoms with Gasteiger partial charge in [-0.2, -0.15) is 18.2 Å². The minimum absolute atomic E-state index is 0.0395. The van der Waals surface area contributed by atoms with Crippen molar-refractivity contribution in [3.8, 4) is 0 Å². The highest BCUT2D eigenvalue weighted by Crippen LogP contribution is 2.26. The predicted molar refractivity (Wildman–Crippen MR) is 78.7 cm³/mol. The number of aromatic amines is 1. The molecule has 2 aromatic rings. The Hall–Kier alpha value is -2.38. The molecule has 0 atom stereocenters. The maximum Gasteiger partial charge on any atom is 0.451 e. The number of H-pyrrole nitrogens is 1. The standard InChI is InChI=1S/C15H17F3N4O/c1-9(2)7-10-3-5-11(6-4-10)8-12(23)19-14-20-13(21-22-14)15(16,17)18/h3-6,9H,7-8H2,1-2H3,(H2,19,20,21,22,23). The van der Waals surface area contributed by atoms with Crippen molar-refractivity contribution in [2.24, 2.45) is 5.92 Å². The zero-order chi connectivity index (χ0) is 17.0. The molecule has 0 fully saturated rings. The zero-order valence-electron chi connectivity index (χ0n) is 12.7. The van der Waals surface area contributed by atoms with Crippen LogP contribution in [-0.2, 0) is 23.8 Å². The summed E-state index contributed by atoms with van der Waals surface area (Å²) in [7, 11) is 0. The van der Waals surface area contributed by atoms with Gasteiger partial charge in [-0.1, -0.05) is 38.1 Å². The summed E-state index contributed by atoms with van der Waals surface area (Å²) in [5.41, 5.74) is 1.94. The summed E-state index contributed by atoms with van der Waals surface area (Å²) in [6.07, 6.45) is -3.63. The minimum Gasteiger partial charge on any atom is -0.293 e. The lowest BCUT2D eigenvalue weighted by molar-refractivity contribution is -0.144. The number of halogens is 3. The van der Waals surface area contributed by atoms with Gasteiger partial charge in [-0.05, 0) is 23.5 Å². The van der Waals surface area contributed by atoms with E-state index in [1.54, 1.807) is 5.10 Å². The molecule has 0 bridgehead atoms. The third kappa shape index (κ3) is 5.08. The first-order valence-electron chi connectivity index (χ1n) is 7.11. The van der Waals surface area contributed by atoms with Gasteiger partial charge in [0.25, 0.3) is 0 Å². The molecule has 5 nitrogen and oxygen atoms in total. The molecule has 124 valence electrons. The molecular weight excluding hydrogens is 309 g/mol.